The first kappa shape index (κ1) is 14.1. The number of carbonyl (C=O) groups is 2. The molecule has 0 aromatic rings. The van der Waals surface area contributed by atoms with E-state index >= 15 is 0 Å². The molecule has 4 heteroatoms. The largest absolute Gasteiger partial charge is 0.481 e. The lowest BCUT2D eigenvalue weighted by molar-refractivity contribution is -0.147. The molecule has 1 fully saturated rings. The highest BCUT2D eigenvalue weighted by molar-refractivity contribution is 5.85. The van der Waals surface area contributed by atoms with Crippen LogP contribution in [0.2, 0.25) is 0 Å². The number of aliphatic carboxylic acids is 1. The van der Waals surface area contributed by atoms with Crippen LogP contribution in [-0.4, -0.2) is 23.0 Å². The minimum atomic E-state index is -0.849. The first-order valence-electron chi connectivity index (χ1n) is 7.17. The van der Waals surface area contributed by atoms with Crippen LogP contribution < -0.4 is 5.32 Å². The lowest BCUT2D eigenvalue weighted by atomic mass is 9.76. The van der Waals surface area contributed by atoms with E-state index in [-0.39, 0.29) is 11.9 Å². The van der Waals surface area contributed by atoms with Crippen LogP contribution in [0, 0.1) is 11.8 Å². The van der Waals surface area contributed by atoms with Gasteiger partial charge < -0.3 is 10.4 Å². The van der Waals surface area contributed by atoms with E-state index in [2.05, 4.69) is 5.32 Å². The number of allylic oxidation sites excluding steroid dienone is 2. The smallest absolute Gasteiger partial charge is 0.307 e. The lowest BCUT2D eigenvalue weighted by Crippen LogP contribution is -2.43. The zero-order valence-electron chi connectivity index (χ0n) is 11.7. The summed E-state index contributed by atoms with van der Waals surface area (Å²) < 4.78 is 0. The van der Waals surface area contributed by atoms with Crippen molar-refractivity contribution in [1.29, 1.82) is 0 Å². The molecule has 0 aromatic heterocycles. The highest BCUT2D eigenvalue weighted by Crippen LogP contribution is 2.34. The zero-order valence-corrected chi connectivity index (χ0v) is 11.7. The Kier molecular flexibility index (Phi) is 4.27. The van der Waals surface area contributed by atoms with Gasteiger partial charge in [0, 0.05) is 6.04 Å². The summed E-state index contributed by atoms with van der Waals surface area (Å²) in [4.78, 5) is 23.7. The molecule has 19 heavy (non-hydrogen) atoms. The number of nitrogens with one attached hydrogen (secondary N) is 1. The second-order valence-corrected chi connectivity index (χ2v) is 6.01. The minimum absolute atomic E-state index is 0.0637. The number of amides is 1. The van der Waals surface area contributed by atoms with Crippen LogP contribution in [0.25, 0.3) is 0 Å². The van der Waals surface area contributed by atoms with Crippen LogP contribution in [0.5, 0.6) is 0 Å². The van der Waals surface area contributed by atoms with Gasteiger partial charge in [0.25, 0.3) is 0 Å². The molecule has 0 aliphatic heterocycles. The number of rotatable bonds is 3. The SMILES string of the molecule is CC1=C(C)C[C@H](C(=O)NC2CCCC2)[C@@H](C(=O)O)C1. The Bertz CT molecular complexity index is 408. The van der Waals surface area contributed by atoms with E-state index in [9.17, 15) is 14.7 Å². The molecule has 4 nitrogen and oxygen atoms in total. The van der Waals surface area contributed by atoms with Gasteiger partial charge in [-0.1, -0.05) is 24.0 Å². The second kappa shape index (κ2) is 5.76. The molecule has 0 bridgehead atoms. The van der Waals surface area contributed by atoms with Gasteiger partial charge in [-0.25, -0.2) is 0 Å². The van der Waals surface area contributed by atoms with E-state index in [1.165, 1.54) is 5.57 Å². The van der Waals surface area contributed by atoms with E-state index in [0.29, 0.717) is 12.8 Å². The molecule has 2 atom stereocenters. The van der Waals surface area contributed by atoms with Crippen molar-refractivity contribution in [2.45, 2.75) is 58.4 Å². The fourth-order valence-electron chi connectivity index (χ4n) is 3.21. The van der Waals surface area contributed by atoms with Crippen molar-refractivity contribution in [2.24, 2.45) is 11.8 Å². The average Bonchev–Trinajstić information content (AvgIpc) is 2.84. The molecule has 0 aromatic carbocycles. The molecule has 2 aliphatic carbocycles. The molecule has 1 amide bonds. The molecule has 0 unspecified atom stereocenters. The van der Waals surface area contributed by atoms with Crippen molar-refractivity contribution in [1.82, 2.24) is 5.32 Å². The number of carboxylic acid groups (broad SMARTS) is 1. The molecule has 0 heterocycles. The van der Waals surface area contributed by atoms with E-state index in [1.807, 2.05) is 13.8 Å². The summed E-state index contributed by atoms with van der Waals surface area (Å²) in [5, 5.41) is 12.4. The van der Waals surface area contributed by atoms with Crippen LogP contribution in [0.1, 0.15) is 52.4 Å². The fraction of sp³-hybridized carbons (Fsp3) is 0.733. The third-order valence-electron chi connectivity index (χ3n) is 4.62. The standard InChI is InChI=1S/C15H23NO3/c1-9-7-12(13(15(18)19)8-10(9)2)14(17)16-11-5-3-4-6-11/h11-13H,3-8H2,1-2H3,(H,16,17)(H,18,19)/t12-,13-/m0/s1. The summed E-state index contributed by atoms with van der Waals surface area (Å²) in [6.07, 6.45) is 5.48. The Balaban J connectivity index is 2.07. The van der Waals surface area contributed by atoms with Crippen molar-refractivity contribution >= 4 is 11.9 Å². The molecule has 1 saturated carbocycles. The van der Waals surface area contributed by atoms with Gasteiger partial charge in [0.05, 0.1) is 11.8 Å². The molecular weight excluding hydrogens is 242 g/mol. The Labute approximate surface area is 114 Å². The Morgan fingerprint density at radius 2 is 1.58 bits per heavy atom. The van der Waals surface area contributed by atoms with Gasteiger partial charge in [0.2, 0.25) is 5.91 Å². The molecular formula is C15H23NO3. The monoisotopic (exact) mass is 265 g/mol. The number of carbonyl (C=O) groups excluding carboxylic acids is 1. The van der Waals surface area contributed by atoms with Crippen molar-refractivity contribution < 1.29 is 14.7 Å². The summed E-state index contributed by atoms with van der Waals surface area (Å²) in [5.41, 5.74) is 2.29. The van der Waals surface area contributed by atoms with Gasteiger partial charge in [0.1, 0.15) is 0 Å². The van der Waals surface area contributed by atoms with Crippen molar-refractivity contribution in [3.05, 3.63) is 11.1 Å². The minimum Gasteiger partial charge on any atom is -0.481 e. The fourth-order valence-corrected chi connectivity index (χ4v) is 3.21. The van der Waals surface area contributed by atoms with Crippen molar-refractivity contribution in [2.75, 3.05) is 0 Å². The van der Waals surface area contributed by atoms with Gasteiger partial charge in [-0.15, -0.1) is 0 Å². The van der Waals surface area contributed by atoms with Crippen molar-refractivity contribution in [3.8, 4) is 0 Å². The highest BCUT2D eigenvalue weighted by atomic mass is 16.4. The quantitative estimate of drug-likeness (QED) is 0.770. The van der Waals surface area contributed by atoms with Crippen LogP contribution in [0.15, 0.2) is 11.1 Å². The maximum Gasteiger partial charge on any atom is 0.307 e. The van der Waals surface area contributed by atoms with Crippen LogP contribution in [0.4, 0.5) is 0 Å². The molecule has 2 rings (SSSR count). The molecule has 2 N–H and O–H groups in total. The van der Waals surface area contributed by atoms with E-state index in [0.717, 1.165) is 31.3 Å². The maximum atomic E-state index is 12.3. The van der Waals surface area contributed by atoms with Crippen LogP contribution in [0.3, 0.4) is 0 Å². The Morgan fingerprint density at radius 1 is 1.05 bits per heavy atom. The van der Waals surface area contributed by atoms with E-state index in [1.54, 1.807) is 0 Å². The topological polar surface area (TPSA) is 66.4 Å². The van der Waals surface area contributed by atoms with E-state index < -0.39 is 17.8 Å². The van der Waals surface area contributed by atoms with Gasteiger partial charge >= 0.3 is 5.97 Å². The van der Waals surface area contributed by atoms with Gasteiger partial charge in [-0.3, -0.25) is 9.59 Å². The molecule has 106 valence electrons. The second-order valence-electron chi connectivity index (χ2n) is 6.01. The molecule has 0 spiro atoms. The number of carboxylic acids is 1. The molecule has 0 radical (unpaired) electrons. The zero-order chi connectivity index (χ0) is 14.0. The van der Waals surface area contributed by atoms with Gasteiger partial charge in [-0.2, -0.15) is 0 Å². The third-order valence-corrected chi connectivity index (χ3v) is 4.62. The highest BCUT2D eigenvalue weighted by Gasteiger charge is 2.37. The predicted octanol–water partition coefficient (Wildman–Crippen LogP) is 2.49. The summed E-state index contributed by atoms with van der Waals surface area (Å²) in [5.74, 6) is -1.88. The van der Waals surface area contributed by atoms with E-state index in [4.69, 9.17) is 0 Å². The Morgan fingerprint density at radius 3 is 2.11 bits per heavy atom. The number of hydrogen-bond acceptors (Lipinski definition) is 2. The van der Waals surface area contributed by atoms with Gasteiger partial charge in [0.15, 0.2) is 0 Å². The predicted molar refractivity (Wildman–Crippen MR) is 72.6 cm³/mol. The third kappa shape index (κ3) is 3.17. The van der Waals surface area contributed by atoms with Crippen LogP contribution >= 0.6 is 0 Å². The summed E-state index contributed by atoms with van der Waals surface area (Å²) in [7, 11) is 0. The normalized spacial score (nSPS) is 28.5. The molecule has 2 aliphatic rings. The van der Waals surface area contributed by atoms with Crippen LogP contribution in [-0.2, 0) is 9.59 Å². The van der Waals surface area contributed by atoms with Gasteiger partial charge in [-0.05, 0) is 39.5 Å². The summed E-state index contributed by atoms with van der Waals surface area (Å²) in [6.45, 7) is 3.97. The maximum absolute atomic E-state index is 12.3. The summed E-state index contributed by atoms with van der Waals surface area (Å²) >= 11 is 0. The lowest BCUT2D eigenvalue weighted by Gasteiger charge is -2.30. The number of hydrogen-bond donors (Lipinski definition) is 2. The first-order chi connectivity index (χ1) is 8.99. The van der Waals surface area contributed by atoms with Crippen molar-refractivity contribution in [3.63, 3.8) is 0 Å². The Hall–Kier alpha value is -1.32. The first-order valence-corrected chi connectivity index (χ1v) is 7.17. The molecule has 0 saturated heterocycles. The average molecular weight is 265 g/mol. The summed E-state index contributed by atoms with van der Waals surface area (Å²) in [6, 6.07) is 0.259.